The average Bonchev–Trinajstić information content (AvgIpc) is 2.84. The molecule has 0 aliphatic heterocycles. The smallest absolute Gasteiger partial charge is 0.355 e. The molecule has 1 unspecified atom stereocenters. The second-order valence-electron chi connectivity index (χ2n) is 3.84. The van der Waals surface area contributed by atoms with E-state index in [0.29, 0.717) is 11.6 Å². The average molecular weight is 303 g/mol. The maximum atomic E-state index is 11.6. The Balaban J connectivity index is 2.38. The third kappa shape index (κ3) is 5.48. The molecule has 1 aromatic heterocycles. The quantitative estimate of drug-likeness (QED) is 0.670. The number of urea groups is 1. The molecule has 1 heterocycles. The summed E-state index contributed by atoms with van der Waals surface area (Å²) in [6.07, 6.45) is 2.94. The molecule has 19 heavy (non-hydrogen) atoms. The van der Waals surface area contributed by atoms with E-state index in [-0.39, 0.29) is 17.8 Å². The number of carboxylic acids is 1. The van der Waals surface area contributed by atoms with Crippen LogP contribution in [0.2, 0.25) is 0 Å². The molecular formula is C11H17N3O3S2. The number of carbonyl (C=O) groups excluding carboxylic acids is 1. The van der Waals surface area contributed by atoms with Gasteiger partial charge in [0.05, 0.1) is 6.04 Å². The number of carbonyl (C=O) groups is 2. The van der Waals surface area contributed by atoms with Crippen molar-refractivity contribution in [2.24, 2.45) is 0 Å². The lowest BCUT2D eigenvalue weighted by Gasteiger charge is -2.12. The van der Waals surface area contributed by atoms with Crippen LogP contribution in [0.25, 0.3) is 0 Å². The minimum atomic E-state index is -1.06. The molecule has 1 rings (SSSR count). The lowest BCUT2D eigenvalue weighted by Crippen LogP contribution is -2.37. The largest absolute Gasteiger partial charge is 0.476 e. The summed E-state index contributed by atoms with van der Waals surface area (Å²) >= 11 is 2.96. The first-order chi connectivity index (χ1) is 9.04. The van der Waals surface area contributed by atoms with Crippen LogP contribution >= 0.6 is 23.1 Å². The Morgan fingerprint density at radius 1 is 1.58 bits per heavy atom. The highest BCUT2D eigenvalue weighted by Crippen LogP contribution is 2.17. The van der Waals surface area contributed by atoms with Crippen LogP contribution in [0.3, 0.4) is 0 Å². The molecule has 1 aromatic rings. The maximum absolute atomic E-state index is 11.6. The van der Waals surface area contributed by atoms with Crippen molar-refractivity contribution in [2.45, 2.75) is 19.4 Å². The van der Waals surface area contributed by atoms with Crippen LogP contribution in [-0.2, 0) is 0 Å². The number of aromatic carboxylic acids is 1. The van der Waals surface area contributed by atoms with Gasteiger partial charge in [0.1, 0.15) is 5.01 Å². The van der Waals surface area contributed by atoms with Crippen molar-refractivity contribution >= 4 is 35.1 Å². The summed E-state index contributed by atoms with van der Waals surface area (Å²) < 4.78 is 0. The van der Waals surface area contributed by atoms with Crippen molar-refractivity contribution in [1.29, 1.82) is 0 Å². The number of amides is 2. The fourth-order valence-corrected chi connectivity index (χ4v) is 2.55. The highest BCUT2D eigenvalue weighted by Gasteiger charge is 2.15. The van der Waals surface area contributed by atoms with Gasteiger partial charge >= 0.3 is 12.0 Å². The number of carboxylic acid groups (broad SMARTS) is 1. The van der Waals surface area contributed by atoms with Gasteiger partial charge in [0.2, 0.25) is 0 Å². The van der Waals surface area contributed by atoms with E-state index in [1.54, 1.807) is 18.7 Å². The Hall–Kier alpha value is -1.28. The van der Waals surface area contributed by atoms with E-state index in [4.69, 9.17) is 5.11 Å². The zero-order chi connectivity index (χ0) is 14.3. The molecule has 6 nitrogen and oxygen atoms in total. The molecule has 0 aliphatic carbocycles. The summed E-state index contributed by atoms with van der Waals surface area (Å²) in [5, 5.41) is 16.3. The first kappa shape index (κ1) is 15.8. The second-order valence-corrected chi connectivity index (χ2v) is 5.72. The highest BCUT2D eigenvalue weighted by atomic mass is 32.2. The summed E-state index contributed by atoms with van der Waals surface area (Å²) in [4.78, 5) is 26.2. The lowest BCUT2D eigenvalue weighted by atomic mass is 10.3. The second kappa shape index (κ2) is 8.00. The van der Waals surface area contributed by atoms with Crippen LogP contribution in [-0.4, -0.2) is 40.6 Å². The molecule has 0 fully saturated rings. The molecule has 0 bridgehead atoms. The summed E-state index contributed by atoms with van der Waals surface area (Å²) in [6, 6.07) is -0.570. The molecule has 2 amide bonds. The van der Waals surface area contributed by atoms with Gasteiger partial charge in [-0.25, -0.2) is 14.6 Å². The van der Waals surface area contributed by atoms with Crippen molar-refractivity contribution < 1.29 is 14.7 Å². The number of thioether (sulfide) groups is 1. The van der Waals surface area contributed by atoms with Gasteiger partial charge in [0.15, 0.2) is 5.69 Å². The number of hydrogen-bond acceptors (Lipinski definition) is 5. The normalized spacial score (nSPS) is 11.9. The molecule has 0 radical (unpaired) electrons. The molecule has 3 N–H and O–H groups in total. The van der Waals surface area contributed by atoms with Crippen molar-refractivity contribution in [3.05, 3.63) is 16.1 Å². The zero-order valence-electron chi connectivity index (χ0n) is 10.8. The Morgan fingerprint density at radius 2 is 2.32 bits per heavy atom. The van der Waals surface area contributed by atoms with Crippen molar-refractivity contribution in [3.63, 3.8) is 0 Å². The third-order valence-corrected chi connectivity index (χ3v) is 3.99. The van der Waals surface area contributed by atoms with E-state index in [1.165, 1.54) is 16.7 Å². The van der Waals surface area contributed by atoms with E-state index in [2.05, 4.69) is 15.6 Å². The van der Waals surface area contributed by atoms with Gasteiger partial charge in [-0.15, -0.1) is 11.3 Å². The maximum Gasteiger partial charge on any atom is 0.355 e. The standard InChI is InChI=1S/C11H17N3O3S2/c1-7(9-14-8(6-19-9)10(15)16)13-11(17)12-4-3-5-18-2/h6-7H,3-5H2,1-2H3,(H,15,16)(H2,12,13,17). The van der Waals surface area contributed by atoms with Gasteiger partial charge in [0.25, 0.3) is 0 Å². The molecule has 106 valence electrons. The molecule has 8 heteroatoms. The fourth-order valence-electron chi connectivity index (χ4n) is 1.31. The molecule has 0 spiro atoms. The Kier molecular flexibility index (Phi) is 6.65. The van der Waals surface area contributed by atoms with Gasteiger partial charge in [-0.2, -0.15) is 11.8 Å². The lowest BCUT2D eigenvalue weighted by molar-refractivity contribution is 0.0691. The predicted molar refractivity (Wildman–Crippen MR) is 77.0 cm³/mol. The van der Waals surface area contributed by atoms with Crippen LogP contribution < -0.4 is 10.6 Å². The van der Waals surface area contributed by atoms with Crippen LogP contribution in [0.4, 0.5) is 4.79 Å². The van der Waals surface area contributed by atoms with E-state index in [1.807, 2.05) is 6.26 Å². The molecule has 0 aromatic carbocycles. The number of rotatable bonds is 7. The van der Waals surface area contributed by atoms with Crippen LogP contribution in [0.15, 0.2) is 5.38 Å². The number of aromatic nitrogens is 1. The summed E-state index contributed by atoms with van der Waals surface area (Å²) in [6.45, 7) is 2.39. The minimum Gasteiger partial charge on any atom is -0.476 e. The number of thiazole rings is 1. The van der Waals surface area contributed by atoms with Gasteiger partial charge < -0.3 is 15.7 Å². The van der Waals surface area contributed by atoms with Crippen molar-refractivity contribution in [2.75, 3.05) is 18.6 Å². The predicted octanol–water partition coefficient (Wildman–Crippen LogP) is 1.95. The first-order valence-electron chi connectivity index (χ1n) is 5.76. The summed E-state index contributed by atoms with van der Waals surface area (Å²) in [5.74, 6) is -0.0548. The van der Waals surface area contributed by atoms with Gasteiger partial charge in [-0.1, -0.05) is 0 Å². The van der Waals surface area contributed by atoms with Crippen molar-refractivity contribution in [1.82, 2.24) is 15.6 Å². The van der Waals surface area contributed by atoms with Gasteiger partial charge in [-0.3, -0.25) is 0 Å². The number of hydrogen-bond donors (Lipinski definition) is 3. The number of nitrogens with zero attached hydrogens (tertiary/aromatic N) is 1. The van der Waals surface area contributed by atoms with Crippen LogP contribution in [0.1, 0.15) is 34.9 Å². The van der Waals surface area contributed by atoms with E-state index in [9.17, 15) is 9.59 Å². The highest BCUT2D eigenvalue weighted by molar-refractivity contribution is 7.98. The Morgan fingerprint density at radius 3 is 2.89 bits per heavy atom. The Bertz CT molecular complexity index is 437. The van der Waals surface area contributed by atoms with E-state index < -0.39 is 5.97 Å². The SMILES string of the molecule is CSCCCNC(=O)NC(C)c1nc(C(=O)O)cs1. The molecular weight excluding hydrogens is 286 g/mol. The van der Waals surface area contributed by atoms with Crippen LogP contribution in [0, 0.1) is 0 Å². The summed E-state index contributed by atoms with van der Waals surface area (Å²) in [7, 11) is 0. The van der Waals surface area contributed by atoms with Crippen LogP contribution in [0.5, 0.6) is 0 Å². The zero-order valence-corrected chi connectivity index (χ0v) is 12.4. The molecule has 0 saturated carbocycles. The summed E-state index contributed by atoms with van der Waals surface area (Å²) in [5.41, 5.74) is 0.00836. The van der Waals surface area contributed by atoms with E-state index in [0.717, 1.165) is 12.2 Å². The number of nitrogens with one attached hydrogen (secondary N) is 2. The molecule has 1 atom stereocenters. The first-order valence-corrected chi connectivity index (χ1v) is 8.04. The van der Waals surface area contributed by atoms with Gasteiger partial charge in [0, 0.05) is 11.9 Å². The molecule has 0 saturated heterocycles. The van der Waals surface area contributed by atoms with Gasteiger partial charge in [-0.05, 0) is 25.4 Å². The topological polar surface area (TPSA) is 91.3 Å². The monoisotopic (exact) mass is 303 g/mol. The fraction of sp³-hybridized carbons (Fsp3) is 0.545. The minimum absolute atomic E-state index is 0.00836. The van der Waals surface area contributed by atoms with E-state index >= 15 is 0 Å². The Labute approximate surface area is 120 Å². The van der Waals surface area contributed by atoms with Crippen molar-refractivity contribution in [3.8, 4) is 0 Å². The third-order valence-electron chi connectivity index (χ3n) is 2.27. The molecule has 0 aliphatic rings.